The molecule has 2 amide bonds. The Morgan fingerprint density at radius 1 is 0.805 bits per heavy atom. The minimum atomic E-state index is -0.989. The summed E-state index contributed by atoms with van der Waals surface area (Å²) in [7, 11) is 1.30. The lowest BCUT2D eigenvalue weighted by molar-refractivity contribution is -0.145. The Morgan fingerprint density at radius 2 is 1.27 bits per heavy atom. The Bertz CT molecular complexity index is 1460. The Hall–Kier alpha value is -4.88. The fourth-order valence-electron chi connectivity index (χ4n) is 4.91. The fraction of sp³-hybridized carbons (Fsp3) is 0.407. The van der Waals surface area contributed by atoms with Gasteiger partial charge in [-0.2, -0.15) is 0 Å². The summed E-state index contributed by atoms with van der Waals surface area (Å²) in [5.41, 5.74) is 1.02. The van der Waals surface area contributed by atoms with E-state index < -0.39 is 23.8 Å². The number of carbonyl (C=O) groups excluding carboxylic acids is 5. The zero-order valence-electron chi connectivity index (χ0n) is 22.0. The molecule has 14 heteroatoms. The molecule has 2 saturated heterocycles. The van der Waals surface area contributed by atoms with Gasteiger partial charge in [0.25, 0.3) is 0 Å². The SMILES string of the molecule is COC(=O)C1CC(=O)N(c2ccc3c(n2)CC(=O)CO3)C1.O=C1COc2ccc(N3CC(C(=O)O)CC3=O)nc2C1. The Balaban J connectivity index is 0.000000165. The third kappa shape index (κ3) is 5.85. The topological polar surface area (TPSA) is 183 Å². The van der Waals surface area contributed by atoms with E-state index in [0.717, 1.165) is 0 Å². The number of esters is 1. The number of nitrogens with zero attached hydrogens (tertiary/aromatic N) is 4. The van der Waals surface area contributed by atoms with Crippen molar-refractivity contribution >= 4 is 47.0 Å². The van der Waals surface area contributed by atoms with Gasteiger partial charge >= 0.3 is 11.9 Å². The van der Waals surface area contributed by atoms with Gasteiger partial charge < -0.3 is 19.3 Å². The van der Waals surface area contributed by atoms with Crippen LogP contribution in [0.3, 0.4) is 0 Å². The van der Waals surface area contributed by atoms with Crippen molar-refractivity contribution in [1.29, 1.82) is 0 Å². The van der Waals surface area contributed by atoms with Crippen molar-refractivity contribution in [2.45, 2.75) is 25.7 Å². The predicted octanol–water partition coefficient (Wildman–Crippen LogP) is 0.135. The van der Waals surface area contributed by atoms with E-state index >= 15 is 0 Å². The first-order valence-electron chi connectivity index (χ1n) is 12.8. The summed E-state index contributed by atoms with van der Waals surface area (Å²) in [6.07, 6.45) is 0.462. The van der Waals surface area contributed by atoms with Crippen LogP contribution in [0.1, 0.15) is 24.2 Å². The van der Waals surface area contributed by atoms with Gasteiger partial charge in [0, 0.05) is 25.9 Å². The molecular formula is C27H26N4O10. The molecule has 0 aromatic carbocycles. The van der Waals surface area contributed by atoms with Crippen molar-refractivity contribution in [3.63, 3.8) is 0 Å². The van der Waals surface area contributed by atoms with Crippen LogP contribution in [0.5, 0.6) is 11.5 Å². The molecule has 0 radical (unpaired) electrons. The number of ether oxygens (including phenoxy) is 3. The number of carbonyl (C=O) groups is 6. The number of rotatable bonds is 4. The van der Waals surface area contributed by atoms with Gasteiger partial charge in [-0.05, 0) is 24.3 Å². The number of anilines is 2. The molecule has 41 heavy (non-hydrogen) atoms. The number of Topliss-reactive ketones (excluding diaryl/α,β-unsaturated/α-hetero) is 2. The molecule has 0 aliphatic carbocycles. The van der Waals surface area contributed by atoms with Gasteiger partial charge in [0.05, 0.1) is 43.2 Å². The Morgan fingerprint density at radius 3 is 1.71 bits per heavy atom. The highest BCUT2D eigenvalue weighted by molar-refractivity contribution is 5.99. The quantitative estimate of drug-likeness (QED) is 0.495. The zero-order valence-corrected chi connectivity index (χ0v) is 22.0. The van der Waals surface area contributed by atoms with E-state index in [4.69, 9.17) is 14.6 Å². The van der Waals surface area contributed by atoms with Crippen molar-refractivity contribution in [3.8, 4) is 11.5 Å². The molecule has 1 N–H and O–H groups in total. The Labute approximate surface area is 233 Å². The smallest absolute Gasteiger partial charge is 0.311 e. The maximum Gasteiger partial charge on any atom is 0.311 e. The van der Waals surface area contributed by atoms with Gasteiger partial charge in [0.2, 0.25) is 11.8 Å². The first-order chi connectivity index (χ1) is 19.6. The van der Waals surface area contributed by atoms with Crippen LogP contribution in [0.15, 0.2) is 24.3 Å². The number of aromatic nitrogens is 2. The van der Waals surface area contributed by atoms with E-state index in [1.54, 1.807) is 24.3 Å². The van der Waals surface area contributed by atoms with Crippen LogP contribution in [0, 0.1) is 11.8 Å². The van der Waals surface area contributed by atoms with Crippen LogP contribution in [-0.4, -0.2) is 83.8 Å². The summed E-state index contributed by atoms with van der Waals surface area (Å²) in [6.45, 7) is 0.444. The maximum absolute atomic E-state index is 12.0. The molecular weight excluding hydrogens is 540 g/mol. The minimum Gasteiger partial charge on any atom is -0.484 e. The van der Waals surface area contributed by atoms with E-state index in [0.29, 0.717) is 34.5 Å². The van der Waals surface area contributed by atoms with Crippen LogP contribution in [-0.2, 0) is 46.3 Å². The summed E-state index contributed by atoms with van der Waals surface area (Å²) >= 11 is 0. The molecule has 214 valence electrons. The number of hydrogen-bond donors (Lipinski definition) is 1. The normalized spacial score (nSPS) is 21.3. The molecule has 2 atom stereocenters. The molecule has 0 spiro atoms. The molecule has 4 aliphatic rings. The molecule has 4 aliphatic heterocycles. The molecule has 0 saturated carbocycles. The van der Waals surface area contributed by atoms with Crippen LogP contribution >= 0.6 is 0 Å². The molecule has 2 aromatic heterocycles. The number of carboxylic acid groups (broad SMARTS) is 1. The van der Waals surface area contributed by atoms with E-state index in [-0.39, 0.29) is 75.4 Å². The monoisotopic (exact) mass is 566 g/mol. The second-order valence-electron chi connectivity index (χ2n) is 9.91. The molecule has 2 unspecified atom stereocenters. The zero-order chi connectivity index (χ0) is 29.3. The number of hydrogen-bond acceptors (Lipinski definition) is 11. The minimum absolute atomic E-state index is 0.0243. The molecule has 6 heterocycles. The summed E-state index contributed by atoms with van der Waals surface area (Å²) in [5.74, 6) is -1.24. The Kier molecular flexibility index (Phi) is 7.64. The fourth-order valence-corrected chi connectivity index (χ4v) is 4.91. The molecule has 14 nitrogen and oxygen atoms in total. The average Bonchev–Trinajstić information content (AvgIpc) is 3.55. The average molecular weight is 567 g/mol. The lowest BCUT2D eigenvalue weighted by Crippen LogP contribution is -2.28. The van der Waals surface area contributed by atoms with Gasteiger partial charge in [0.1, 0.15) is 36.3 Å². The van der Waals surface area contributed by atoms with Gasteiger partial charge in [-0.1, -0.05) is 0 Å². The van der Waals surface area contributed by atoms with Gasteiger partial charge in [-0.15, -0.1) is 0 Å². The summed E-state index contributed by atoms with van der Waals surface area (Å²) in [6, 6.07) is 6.62. The third-order valence-electron chi connectivity index (χ3n) is 7.03. The second-order valence-corrected chi connectivity index (χ2v) is 9.91. The van der Waals surface area contributed by atoms with Gasteiger partial charge in [-0.25, -0.2) is 9.97 Å². The van der Waals surface area contributed by atoms with Crippen LogP contribution in [0.25, 0.3) is 0 Å². The molecule has 2 fully saturated rings. The molecule has 0 bridgehead atoms. The lowest BCUT2D eigenvalue weighted by atomic mass is 10.1. The van der Waals surface area contributed by atoms with E-state index in [1.165, 1.54) is 16.9 Å². The van der Waals surface area contributed by atoms with E-state index in [9.17, 15) is 28.8 Å². The second kappa shape index (κ2) is 11.3. The highest BCUT2D eigenvalue weighted by Gasteiger charge is 2.37. The van der Waals surface area contributed by atoms with Crippen LogP contribution in [0.2, 0.25) is 0 Å². The van der Waals surface area contributed by atoms with Gasteiger partial charge in [-0.3, -0.25) is 38.6 Å². The third-order valence-corrected chi connectivity index (χ3v) is 7.03. The number of methoxy groups -OCH3 is 1. The van der Waals surface area contributed by atoms with Crippen molar-refractivity contribution in [2.24, 2.45) is 11.8 Å². The van der Waals surface area contributed by atoms with E-state index in [1.807, 2.05) is 0 Å². The van der Waals surface area contributed by atoms with E-state index in [2.05, 4.69) is 14.7 Å². The maximum atomic E-state index is 12.0. The first-order valence-corrected chi connectivity index (χ1v) is 12.8. The highest BCUT2D eigenvalue weighted by atomic mass is 16.5. The summed E-state index contributed by atoms with van der Waals surface area (Å²) < 4.78 is 15.2. The largest absolute Gasteiger partial charge is 0.484 e. The van der Waals surface area contributed by atoms with Crippen molar-refractivity contribution in [3.05, 3.63) is 35.7 Å². The predicted molar refractivity (Wildman–Crippen MR) is 137 cm³/mol. The number of fused-ring (bicyclic) bond motifs is 2. The standard InChI is InChI=1S/C14H14N2O5.C13H12N2O5/c1-20-14(19)8-4-13(18)16(6-8)12-3-2-11-10(15-12)5-9(17)7-21-11;16-8-4-9-10(20-6-8)1-2-11(14-9)15-5-7(13(18)19)3-12(15)17/h2-3,8H,4-7H2,1H3;1-2,7H,3-6H2,(H,18,19). The highest BCUT2D eigenvalue weighted by Crippen LogP contribution is 2.30. The summed E-state index contributed by atoms with van der Waals surface area (Å²) in [4.78, 5) is 80.4. The van der Waals surface area contributed by atoms with Crippen LogP contribution in [0.4, 0.5) is 11.6 Å². The molecule has 6 rings (SSSR count). The number of ketones is 2. The number of carboxylic acids is 1. The number of aliphatic carboxylic acids is 1. The number of pyridine rings is 2. The summed E-state index contributed by atoms with van der Waals surface area (Å²) in [5, 5.41) is 8.96. The van der Waals surface area contributed by atoms with Crippen molar-refractivity contribution in [2.75, 3.05) is 43.2 Å². The van der Waals surface area contributed by atoms with Crippen molar-refractivity contribution in [1.82, 2.24) is 9.97 Å². The first kappa shape index (κ1) is 27.7. The van der Waals surface area contributed by atoms with Crippen LogP contribution < -0.4 is 19.3 Å². The lowest BCUT2D eigenvalue weighted by Gasteiger charge is -2.20. The van der Waals surface area contributed by atoms with Crippen molar-refractivity contribution < 1.29 is 48.1 Å². The number of amides is 2. The van der Waals surface area contributed by atoms with Gasteiger partial charge in [0.15, 0.2) is 11.6 Å². The molecule has 2 aromatic rings.